The number of thiophene rings is 1. The van der Waals surface area contributed by atoms with E-state index in [2.05, 4.69) is 20.7 Å². The predicted octanol–water partition coefficient (Wildman–Crippen LogP) is 6.36. The summed E-state index contributed by atoms with van der Waals surface area (Å²) in [6, 6.07) is 13.7. The minimum atomic E-state index is -0.0533. The highest BCUT2D eigenvalue weighted by atomic mass is 35.5. The minimum absolute atomic E-state index is 0.0533. The van der Waals surface area contributed by atoms with Crippen LogP contribution in [0.5, 0.6) is 0 Å². The molecule has 4 aromatic rings. The first-order valence-corrected chi connectivity index (χ1v) is 11.2. The zero-order valence-corrected chi connectivity index (χ0v) is 18.3. The number of para-hydroxylation sites is 1. The molecule has 0 saturated heterocycles. The van der Waals surface area contributed by atoms with Gasteiger partial charge in [0.1, 0.15) is 16.2 Å². The summed E-state index contributed by atoms with van der Waals surface area (Å²) in [5, 5.41) is 7.58. The second kappa shape index (κ2) is 8.53. The maximum atomic E-state index is 12.6. The molecule has 2 heterocycles. The van der Waals surface area contributed by atoms with Gasteiger partial charge in [-0.15, -0.1) is 11.3 Å². The summed E-state index contributed by atoms with van der Waals surface area (Å²) >= 11 is 9.02. The molecular formula is C22H18ClN3OS2. The quantitative estimate of drug-likeness (QED) is 0.290. The topological polar surface area (TPSA) is 54.9 Å². The number of aryl methyl sites for hydroxylation is 2. The van der Waals surface area contributed by atoms with Gasteiger partial charge in [-0.1, -0.05) is 53.7 Å². The first kappa shape index (κ1) is 19.9. The van der Waals surface area contributed by atoms with E-state index in [1.54, 1.807) is 17.7 Å². The highest BCUT2D eigenvalue weighted by molar-refractivity contribution is 8.00. The monoisotopic (exact) mass is 439 g/mol. The molecular weight excluding hydrogens is 422 g/mol. The second-order valence-corrected chi connectivity index (χ2v) is 8.88. The lowest BCUT2D eigenvalue weighted by Crippen LogP contribution is -2.15. The summed E-state index contributed by atoms with van der Waals surface area (Å²) in [7, 11) is 0. The van der Waals surface area contributed by atoms with E-state index in [1.807, 2.05) is 56.3 Å². The third kappa shape index (κ3) is 4.29. The summed E-state index contributed by atoms with van der Waals surface area (Å²) in [5.41, 5.74) is 5.09. The molecule has 1 N–H and O–H groups in total. The number of anilines is 1. The molecule has 4 nitrogen and oxygen atoms in total. The number of rotatable bonds is 5. The Morgan fingerprint density at radius 1 is 1.10 bits per heavy atom. The van der Waals surface area contributed by atoms with Crippen LogP contribution < -0.4 is 5.32 Å². The van der Waals surface area contributed by atoms with Crippen LogP contribution in [-0.4, -0.2) is 21.6 Å². The predicted molar refractivity (Wildman–Crippen MR) is 123 cm³/mol. The molecule has 0 radical (unpaired) electrons. The van der Waals surface area contributed by atoms with Crippen molar-refractivity contribution in [3.8, 4) is 11.1 Å². The zero-order chi connectivity index (χ0) is 20.4. The van der Waals surface area contributed by atoms with Gasteiger partial charge in [-0.3, -0.25) is 4.79 Å². The van der Waals surface area contributed by atoms with Gasteiger partial charge in [0.15, 0.2) is 0 Å². The van der Waals surface area contributed by atoms with Gasteiger partial charge in [0.25, 0.3) is 0 Å². The van der Waals surface area contributed by atoms with E-state index < -0.39 is 0 Å². The highest BCUT2D eigenvalue weighted by Crippen LogP contribution is 2.38. The molecule has 0 aliphatic carbocycles. The number of thioether (sulfide) groups is 1. The van der Waals surface area contributed by atoms with Crippen molar-refractivity contribution >= 4 is 56.5 Å². The number of aromatic nitrogens is 2. The molecule has 0 fully saturated rings. The van der Waals surface area contributed by atoms with E-state index >= 15 is 0 Å². The Morgan fingerprint density at radius 3 is 2.55 bits per heavy atom. The molecule has 2 aromatic heterocycles. The number of carbonyl (C=O) groups excluding carboxylic acids is 1. The van der Waals surface area contributed by atoms with Gasteiger partial charge in [0.2, 0.25) is 5.91 Å². The van der Waals surface area contributed by atoms with E-state index in [0.717, 1.165) is 43.2 Å². The number of hydrogen-bond donors (Lipinski definition) is 1. The Kier molecular flexibility index (Phi) is 5.85. The number of nitrogens with one attached hydrogen (secondary N) is 1. The van der Waals surface area contributed by atoms with Crippen LogP contribution >= 0.6 is 34.7 Å². The molecule has 29 heavy (non-hydrogen) atoms. The standard InChI is InChI=1S/C22H18ClN3OS2/c1-13-4-3-5-14(2)20(13)26-18(27)11-29-22-19-17(10-28-21(19)24-12-25-22)15-6-8-16(23)9-7-15/h3-10,12H,11H2,1-2H3,(H,26,27). The van der Waals surface area contributed by atoms with Crippen molar-refractivity contribution in [2.45, 2.75) is 18.9 Å². The van der Waals surface area contributed by atoms with Crippen molar-refractivity contribution in [3.63, 3.8) is 0 Å². The smallest absolute Gasteiger partial charge is 0.234 e. The van der Waals surface area contributed by atoms with Crippen LogP contribution in [0.3, 0.4) is 0 Å². The fourth-order valence-electron chi connectivity index (χ4n) is 3.12. The maximum absolute atomic E-state index is 12.6. The molecule has 0 aliphatic rings. The van der Waals surface area contributed by atoms with Crippen LogP contribution in [0.2, 0.25) is 5.02 Å². The van der Waals surface area contributed by atoms with Gasteiger partial charge in [-0.2, -0.15) is 0 Å². The lowest BCUT2D eigenvalue weighted by molar-refractivity contribution is -0.113. The Labute approximate surface area is 182 Å². The Bertz CT molecular complexity index is 1170. The number of amides is 1. The third-order valence-electron chi connectivity index (χ3n) is 4.58. The van der Waals surface area contributed by atoms with Crippen molar-refractivity contribution in [2.24, 2.45) is 0 Å². The molecule has 0 saturated carbocycles. The van der Waals surface area contributed by atoms with Crippen LogP contribution in [-0.2, 0) is 4.79 Å². The van der Waals surface area contributed by atoms with E-state index in [0.29, 0.717) is 5.02 Å². The molecule has 7 heteroatoms. The zero-order valence-electron chi connectivity index (χ0n) is 15.9. The van der Waals surface area contributed by atoms with Crippen molar-refractivity contribution in [1.82, 2.24) is 9.97 Å². The summed E-state index contributed by atoms with van der Waals surface area (Å²) < 4.78 is 0. The van der Waals surface area contributed by atoms with Gasteiger partial charge in [-0.25, -0.2) is 9.97 Å². The molecule has 0 spiro atoms. The molecule has 0 bridgehead atoms. The number of hydrogen-bond acceptors (Lipinski definition) is 5. The van der Waals surface area contributed by atoms with E-state index in [9.17, 15) is 4.79 Å². The van der Waals surface area contributed by atoms with Gasteiger partial charge in [0, 0.05) is 21.7 Å². The maximum Gasteiger partial charge on any atom is 0.234 e. The van der Waals surface area contributed by atoms with E-state index in [1.165, 1.54) is 11.8 Å². The summed E-state index contributed by atoms with van der Waals surface area (Å²) in [6.07, 6.45) is 1.55. The second-order valence-electron chi connectivity index (χ2n) is 6.62. The first-order chi connectivity index (χ1) is 14.0. The Hall–Kier alpha value is -2.41. The fraction of sp³-hybridized carbons (Fsp3) is 0.136. The highest BCUT2D eigenvalue weighted by Gasteiger charge is 2.15. The Balaban J connectivity index is 1.57. The molecule has 0 aliphatic heterocycles. The van der Waals surface area contributed by atoms with Gasteiger partial charge in [-0.05, 0) is 42.7 Å². The van der Waals surface area contributed by atoms with Gasteiger partial charge >= 0.3 is 0 Å². The minimum Gasteiger partial charge on any atom is -0.325 e. The van der Waals surface area contributed by atoms with Crippen LogP contribution in [0.4, 0.5) is 5.69 Å². The number of benzene rings is 2. The summed E-state index contributed by atoms with van der Waals surface area (Å²) in [5.74, 6) is 0.220. The normalized spacial score (nSPS) is 11.0. The number of nitrogens with zero attached hydrogens (tertiary/aromatic N) is 2. The van der Waals surface area contributed by atoms with Crippen molar-refractivity contribution in [3.05, 3.63) is 70.3 Å². The van der Waals surface area contributed by atoms with Crippen LogP contribution in [0.25, 0.3) is 21.3 Å². The average Bonchev–Trinajstić information content (AvgIpc) is 3.15. The summed E-state index contributed by atoms with van der Waals surface area (Å²) in [6.45, 7) is 3.99. The molecule has 2 aromatic carbocycles. The van der Waals surface area contributed by atoms with Crippen molar-refractivity contribution in [2.75, 3.05) is 11.1 Å². The SMILES string of the molecule is Cc1cccc(C)c1NC(=O)CSc1ncnc2scc(-c3ccc(Cl)cc3)c12. The lowest BCUT2D eigenvalue weighted by Gasteiger charge is -2.11. The van der Waals surface area contributed by atoms with E-state index in [-0.39, 0.29) is 11.7 Å². The molecule has 0 atom stereocenters. The van der Waals surface area contributed by atoms with Gasteiger partial charge < -0.3 is 5.32 Å². The van der Waals surface area contributed by atoms with Gasteiger partial charge in [0.05, 0.1) is 11.1 Å². The van der Waals surface area contributed by atoms with Crippen LogP contribution in [0, 0.1) is 13.8 Å². The summed E-state index contributed by atoms with van der Waals surface area (Å²) in [4.78, 5) is 22.3. The number of carbonyl (C=O) groups is 1. The Morgan fingerprint density at radius 2 is 1.83 bits per heavy atom. The van der Waals surface area contributed by atoms with Crippen LogP contribution in [0.15, 0.2) is 59.2 Å². The first-order valence-electron chi connectivity index (χ1n) is 9.00. The number of halogens is 1. The van der Waals surface area contributed by atoms with E-state index in [4.69, 9.17) is 11.6 Å². The van der Waals surface area contributed by atoms with Crippen molar-refractivity contribution in [1.29, 1.82) is 0 Å². The molecule has 4 rings (SSSR count). The molecule has 146 valence electrons. The molecule has 0 unspecified atom stereocenters. The molecule has 1 amide bonds. The van der Waals surface area contributed by atoms with Crippen LogP contribution in [0.1, 0.15) is 11.1 Å². The lowest BCUT2D eigenvalue weighted by atomic mass is 10.1. The third-order valence-corrected chi connectivity index (χ3v) is 6.70. The average molecular weight is 440 g/mol. The van der Waals surface area contributed by atoms with Crippen molar-refractivity contribution < 1.29 is 4.79 Å². The number of fused-ring (bicyclic) bond motifs is 1. The fourth-order valence-corrected chi connectivity index (χ4v) is 5.04. The largest absolute Gasteiger partial charge is 0.325 e.